The third-order valence-electron chi connectivity index (χ3n) is 5.22. The maximum Gasteiger partial charge on any atom is 0.253 e. The Morgan fingerprint density at radius 1 is 1.08 bits per heavy atom. The van der Waals surface area contributed by atoms with Crippen molar-refractivity contribution in [1.29, 1.82) is 0 Å². The number of amides is 1. The van der Waals surface area contributed by atoms with Gasteiger partial charge in [0.15, 0.2) is 0 Å². The zero-order chi connectivity index (χ0) is 17.9. The van der Waals surface area contributed by atoms with Crippen molar-refractivity contribution in [2.75, 3.05) is 13.1 Å². The SMILES string of the molecule is Cn1cncc1-c1ccc(C(=O)N2CCC[C@H](c3ccccc3)C2)cc1. The fourth-order valence-electron chi connectivity index (χ4n) is 3.76. The van der Waals surface area contributed by atoms with Gasteiger partial charge in [-0.05, 0) is 36.1 Å². The van der Waals surface area contributed by atoms with Gasteiger partial charge in [0.1, 0.15) is 0 Å². The Kier molecular flexibility index (Phi) is 4.57. The summed E-state index contributed by atoms with van der Waals surface area (Å²) in [7, 11) is 1.97. The number of imidazole rings is 1. The lowest BCUT2D eigenvalue weighted by Crippen LogP contribution is -2.39. The van der Waals surface area contributed by atoms with Crippen molar-refractivity contribution in [3.05, 3.63) is 78.2 Å². The number of aromatic nitrogens is 2. The van der Waals surface area contributed by atoms with Crippen LogP contribution in [0.5, 0.6) is 0 Å². The molecule has 1 amide bonds. The summed E-state index contributed by atoms with van der Waals surface area (Å²) < 4.78 is 1.98. The molecule has 0 saturated carbocycles. The van der Waals surface area contributed by atoms with Gasteiger partial charge in [0.05, 0.1) is 18.2 Å². The number of hydrogen-bond acceptors (Lipinski definition) is 2. The average molecular weight is 345 g/mol. The van der Waals surface area contributed by atoms with Gasteiger partial charge in [0.25, 0.3) is 5.91 Å². The molecule has 0 N–H and O–H groups in total. The smallest absolute Gasteiger partial charge is 0.253 e. The van der Waals surface area contributed by atoms with E-state index >= 15 is 0 Å². The monoisotopic (exact) mass is 345 g/mol. The molecule has 1 aliphatic heterocycles. The molecule has 3 aromatic rings. The molecule has 26 heavy (non-hydrogen) atoms. The van der Waals surface area contributed by atoms with Crippen molar-refractivity contribution in [2.24, 2.45) is 7.05 Å². The number of piperidine rings is 1. The van der Waals surface area contributed by atoms with Crippen LogP contribution in [0.3, 0.4) is 0 Å². The van der Waals surface area contributed by atoms with Gasteiger partial charge in [-0.15, -0.1) is 0 Å². The van der Waals surface area contributed by atoms with E-state index in [4.69, 9.17) is 0 Å². The molecule has 132 valence electrons. The van der Waals surface area contributed by atoms with Crippen molar-refractivity contribution in [3.63, 3.8) is 0 Å². The summed E-state index contributed by atoms with van der Waals surface area (Å²) in [4.78, 5) is 19.1. The maximum atomic E-state index is 12.9. The maximum absolute atomic E-state index is 12.9. The molecular formula is C22H23N3O. The van der Waals surface area contributed by atoms with Crippen molar-refractivity contribution in [1.82, 2.24) is 14.5 Å². The summed E-state index contributed by atoms with van der Waals surface area (Å²) in [6.45, 7) is 1.64. The highest BCUT2D eigenvalue weighted by atomic mass is 16.2. The number of carbonyl (C=O) groups is 1. The number of hydrogen-bond donors (Lipinski definition) is 0. The molecule has 1 fully saturated rings. The second-order valence-electron chi connectivity index (χ2n) is 6.97. The molecule has 4 heteroatoms. The minimum absolute atomic E-state index is 0.127. The van der Waals surface area contributed by atoms with Crippen LogP contribution in [-0.4, -0.2) is 33.4 Å². The highest BCUT2D eigenvalue weighted by molar-refractivity contribution is 5.94. The molecule has 0 unspecified atom stereocenters. The third-order valence-corrected chi connectivity index (χ3v) is 5.22. The van der Waals surface area contributed by atoms with Crippen LogP contribution in [0.2, 0.25) is 0 Å². The van der Waals surface area contributed by atoms with Gasteiger partial charge < -0.3 is 9.47 Å². The van der Waals surface area contributed by atoms with E-state index in [1.807, 2.05) is 53.0 Å². The third kappa shape index (κ3) is 3.27. The molecule has 4 nitrogen and oxygen atoms in total. The quantitative estimate of drug-likeness (QED) is 0.716. The zero-order valence-electron chi connectivity index (χ0n) is 15.0. The van der Waals surface area contributed by atoms with Crippen LogP contribution >= 0.6 is 0 Å². The standard InChI is InChI=1S/C22H23N3O/c1-24-16-23-14-21(24)18-9-11-19(12-10-18)22(26)25-13-5-8-20(15-25)17-6-3-2-4-7-17/h2-4,6-7,9-12,14,16,20H,5,8,13,15H2,1H3/t20-/m0/s1. The van der Waals surface area contributed by atoms with Crippen molar-refractivity contribution >= 4 is 5.91 Å². The van der Waals surface area contributed by atoms with Gasteiger partial charge in [-0.1, -0.05) is 42.5 Å². The van der Waals surface area contributed by atoms with Gasteiger partial charge in [0, 0.05) is 31.6 Å². The number of nitrogens with zero attached hydrogens (tertiary/aromatic N) is 3. The molecule has 1 aromatic heterocycles. The molecule has 0 radical (unpaired) electrons. The first-order valence-corrected chi connectivity index (χ1v) is 9.13. The van der Waals surface area contributed by atoms with E-state index in [-0.39, 0.29) is 5.91 Å². The molecule has 0 bridgehead atoms. The lowest BCUT2D eigenvalue weighted by Gasteiger charge is -2.33. The van der Waals surface area contributed by atoms with Crippen molar-refractivity contribution < 1.29 is 4.79 Å². The van der Waals surface area contributed by atoms with E-state index in [9.17, 15) is 4.79 Å². The van der Waals surface area contributed by atoms with E-state index in [2.05, 4.69) is 29.2 Å². The van der Waals surface area contributed by atoms with Crippen molar-refractivity contribution in [3.8, 4) is 11.3 Å². The van der Waals surface area contributed by atoms with Crippen LogP contribution in [0.25, 0.3) is 11.3 Å². The largest absolute Gasteiger partial charge is 0.338 e. The van der Waals surface area contributed by atoms with Crippen LogP contribution in [0.4, 0.5) is 0 Å². The van der Waals surface area contributed by atoms with E-state index in [1.54, 1.807) is 6.33 Å². The molecule has 1 atom stereocenters. The number of likely N-dealkylation sites (tertiary alicyclic amines) is 1. The van der Waals surface area contributed by atoms with E-state index < -0.39 is 0 Å². The Labute approximate surface area is 154 Å². The summed E-state index contributed by atoms with van der Waals surface area (Å²) in [5.74, 6) is 0.560. The average Bonchev–Trinajstić information content (AvgIpc) is 3.14. The minimum atomic E-state index is 0.127. The summed E-state index contributed by atoms with van der Waals surface area (Å²) in [5.41, 5.74) is 4.20. The summed E-state index contributed by atoms with van der Waals surface area (Å²) in [5, 5.41) is 0. The molecule has 0 spiro atoms. The number of rotatable bonds is 3. The Balaban J connectivity index is 1.49. The molecule has 1 aliphatic rings. The van der Waals surface area contributed by atoms with E-state index in [0.717, 1.165) is 42.8 Å². The van der Waals surface area contributed by atoms with Crippen LogP contribution < -0.4 is 0 Å². The topological polar surface area (TPSA) is 38.1 Å². The Morgan fingerprint density at radius 2 is 1.85 bits per heavy atom. The second kappa shape index (κ2) is 7.16. The molecule has 4 rings (SSSR count). The van der Waals surface area contributed by atoms with Gasteiger partial charge >= 0.3 is 0 Å². The first kappa shape index (κ1) is 16.6. The van der Waals surface area contributed by atoms with Crippen molar-refractivity contribution in [2.45, 2.75) is 18.8 Å². The summed E-state index contributed by atoms with van der Waals surface area (Å²) >= 11 is 0. The Hall–Kier alpha value is -2.88. The highest BCUT2D eigenvalue weighted by Gasteiger charge is 2.25. The molecule has 2 aromatic carbocycles. The Morgan fingerprint density at radius 3 is 2.54 bits per heavy atom. The zero-order valence-corrected chi connectivity index (χ0v) is 15.0. The predicted octanol–water partition coefficient (Wildman–Crippen LogP) is 4.11. The summed E-state index contributed by atoms with van der Waals surface area (Å²) in [6.07, 6.45) is 5.82. The molecule has 0 aliphatic carbocycles. The second-order valence-corrected chi connectivity index (χ2v) is 6.97. The van der Waals surface area contributed by atoms with Gasteiger partial charge in [-0.3, -0.25) is 4.79 Å². The van der Waals surface area contributed by atoms with E-state index in [0.29, 0.717) is 5.92 Å². The number of aryl methyl sites for hydroxylation is 1. The van der Waals surface area contributed by atoms with E-state index in [1.165, 1.54) is 5.56 Å². The fraction of sp³-hybridized carbons (Fsp3) is 0.273. The minimum Gasteiger partial charge on any atom is -0.338 e. The number of carbonyl (C=O) groups excluding carboxylic acids is 1. The lowest BCUT2D eigenvalue weighted by molar-refractivity contribution is 0.0707. The van der Waals surface area contributed by atoms with Gasteiger partial charge in [-0.25, -0.2) is 4.98 Å². The Bertz CT molecular complexity index is 883. The lowest BCUT2D eigenvalue weighted by atomic mass is 9.90. The van der Waals surface area contributed by atoms with Crippen LogP contribution in [-0.2, 0) is 7.05 Å². The first-order valence-electron chi connectivity index (χ1n) is 9.13. The van der Waals surface area contributed by atoms with Crippen LogP contribution in [0.15, 0.2) is 67.1 Å². The first-order chi connectivity index (χ1) is 12.7. The molecular weight excluding hydrogens is 322 g/mol. The predicted molar refractivity (Wildman–Crippen MR) is 103 cm³/mol. The molecule has 2 heterocycles. The summed E-state index contributed by atoms with van der Waals surface area (Å²) in [6, 6.07) is 18.4. The molecule has 1 saturated heterocycles. The normalized spacial score (nSPS) is 17.3. The fourth-order valence-corrected chi connectivity index (χ4v) is 3.76. The van der Waals surface area contributed by atoms with Crippen LogP contribution in [0, 0.1) is 0 Å². The van der Waals surface area contributed by atoms with Crippen LogP contribution in [0.1, 0.15) is 34.7 Å². The highest BCUT2D eigenvalue weighted by Crippen LogP contribution is 2.28. The number of benzene rings is 2. The van der Waals surface area contributed by atoms with Gasteiger partial charge in [-0.2, -0.15) is 0 Å². The van der Waals surface area contributed by atoms with Gasteiger partial charge in [0.2, 0.25) is 0 Å².